The fourth-order valence-corrected chi connectivity index (χ4v) is 3.92. The second-order valence-corrected chi connectivity index (χ2v) is 7.92. The Kier molecular flexibility index (Phi) is 8.47. The quantitative estimate of drug-likeness (QED) is 0.707. The highest BCUT2D eigenvalue weighted by molar-refractivity contribution is 5.93. The van der Waals surface area contributed by atoms with E-state index in [1.807, 2.05) is 53.4 Å². The normalized spacial score (nSPS) is 14.7. The number of hydrogen-bond donors (Lipinski definition) is 1. The van der Waals surface area contributed by atoms with E-state index in [1.54, 1.807) is 7.11 Å². The molecular formula is C25H33N3O3. The molecule has 1 N–H and O–H groups in total. The van der Waals surface area contributed by atoms with E-state index in [-0.39, 0.29) is 11.8 Å². The molecule has 6 nitrogen and oxygen atoms in total. The van der Waals surface area contributed by atoms with Crippen molar-refractivity contribution in [2.24, 2.45) is 0 Å². The van der Waals surface area contributed by atoms with Crippen molar-refractivity contribution in [1.82, 2.24) is 9.80 Å². The number of aryl methyl sites for hydroxylation is 2. The Morgan fingerprint density at radius 2 is 1.77 bits per heavy atom. The minimum Gasteiger partial charge on any atom is -0.497 e. The first-order valence-corrected chi connectivity index (χ1v) is 11.1. The van der Waals surface area contributed by atoms with Crippen molar-refractivity contribution in [2.75, 3.05) is 45.2 Å². The summed E-state index contributed by atoms with van der Waals surface area (Å²) in [5, 5.41) is 3.04. The molecule has 1 aliphatic rings. The monoisotopic (exact) mass is 423 g/mol. The number of hydrogen-bond acceptors (Lipinski definition) is 4. The first kappa shape index (κ1) is 22.8. The fraction of sp³-hybridized carbons (Fsp3) is 0.440. The third-order valence-corrected chi connectivity index (χ3v) is 5.77. The summed E-state index contributed by atoms with van der Waals surface area (Å²) >= 11 is 0. The molecule has 0 spiro atoms. The zero-order chi connectivity index (χ0) is 22.1. The molecule has 2 amide bonds. The number of para-hydroxylation sites is 1. The Labute approximate surface area is 185 Å². The highest BCUT2D eigenvalue weighted by atomic mass is 16.5. The van der Waals surface area contributed by atoms with Gasteiger partial charge < -0.3 is 15.0 Å². The van der Waals surface area contributed by atoms with Crippen molar-refractivity contribution in [2.45, 2.75) is 32.6 Å². The highest BCUT2D eigenvalue weighted by Gasteiger charge is 2.20. The molecule has 1 saturated heterocycles. The maximum absolute atomic E-state index is 12.7. The molecule has 0 atom stereocenters. The number of ether oxygens (including phenoxy) is 1. The van der Waals surface area contributed by atoms with Gasteiger partial charge in [0.2, 0.25) is 11.8 Å². The molecule has 1 fully saturated rings. The molecule has 2 aromatic carbocycles. The van der Waals surface area contributed by atoms with Crippen molar-refractivity contribution < 1.29 is 14.3 Å². The molecule has 166 valence electrons. The summed E-state index contributed by atoms with van der Waals surface area (Å²) in [6, 6.07) is 15.8. The third kappa shape index (κ3) is 6.82. The van der Waals surface area contributed by atoms with Gasteiger partial charge in [0.05, 0.1) is 13.7 Å². The lowest BCUT2D eigenvalue weighted by molar-refractivity contribution is -0.131. The van der Waals surface area contributed by atoms with E-state index in [9.17, 15) is 9.59 Å². The van der Waals surface area contributed by atoms with Gasteiger partial charge in [0.1, 0.15) is 5.75 Å². The molecule has 0 saturated carbocycles. The number of anilines is 1. The number of amides is 2. The van der Waals surface area contributed by atoms with Gasteiger partial charge in [-0.1, -0.05) is 37.3 Å². The van der Waals surface area contributed by atoms with Crippen LogP contribution in [0.3, 0.4) is 0 Å². The second kappa shape index (κ2) is 11.5. The first-order chi connectivity index (χ1) is 15.1. The summed E-state index contributed by atoms with van der Waals surface area (Å²) in [5.41, 5.74) is 3.16. The van der Waals surface area contributed by atoms with E-state index >= 15 is 0 Å². The molecule has 6 heteroatoms. The molecule has 3 rings (SSSR count). The van der Waals surface area contributed by atoms with Crippen LogP contribution in [0.1, 0.15) is 30.9 Å². The van der Waals surface area contributed by atoms with Crippen molar-refractivity contribution >= 4 is 17.5 Å². The van der Waals surface area contributed by atoms with Crippen LogP contribution in [0.25, 0.3) is 0 Å². The van der Waals surface area contributed by atoms with Crippen LogP contribution in [-0.2, 0) is 22.4 Å². The minimum absolute atomic E-state index is 0.000169. The molecule has 0 radical (unpaired) electrons. The number of carbonyl (C=O) groups excluding carboxylic acids is 2. The first-order valence-electron chi connectivity index (χ1n) is 11.1. The van der Waals surface area contributed by atoms with E-state index in [0.29, 0.717) is 19.5 Å². The number of benzene rings is 2. The predicted octanol–water partition coefficient (Wildman–Crippen LogP) is 3.36. The van der Waals surface area contributed by atoms with Gasteiger partial charge in [0, 0.05) is 38.3 Å². The smallest absolute Gasteiger partial charge is 0.238 e. The van der Waals surface area contributed by atoms with Gasteiger partial charge in [-0.15, -0.1) is 0 Å². The Balaban J connectivity index is 1.44. The van der Waals surface area contributed by atoms with E-state index < -0.39 is 0 Å². The van der Waals surface area contributed by atoms with Gasteiger partial charge >= 0.3 is 0 Å². The maximum atomic E-state index is 12.7. The lowest BCUT2D eigenvalue weighted by Crippen LogP contribution is -2.38. The lowest BCUT2D eigenvalue weighted by atomic mass is 10.1. The molecular weight excluding hydrogens is 390 g/mol. The second-order valence-electron chi connectivity index (χ2n) is 7.92. The summed E-state index contributed by atoms with van der Waals surface area (Å²) in [6.45, 7) is 5.40. The van der Waals surface area contributed by atoms with E-state index in [0.717, 1.165) is 61.5 Å². The fourth-order valence-electron chi connectivity index (χ4n) is 3.92. The van der Waals surface area contributed by atoms with Crippen molar-refractivity contribution in [1.29, 1.82) is 0 Å². The SMILES string of the molecule is CCc1ccccc1NC(=O)CN1CCCN(C(=O)CCc2ccc(OC)cc2)CC1. The number of nitrogens with zero attached hydrogens (tertiary/aromatic N) is 2. The van der Waals surface area contributed by atoms with Crippen LogP contribution in [0, 0.1) is 0 Å². The van der Waals surface area contributed by atoms with Gasteiger partial charge in [-0.25, -0.2) is 0 Å². The highest BCUT2D eigenvalue weighted by Crippen LogP contribution is 2.16. The van der Waals surface area contributed by atoms with E-state index in [2.05, 4.69) is 17.1 Å². The van der Waals surface area contributed by atoms with Crippen LogP contribution >= 0.6 is 0 Å². The van der Waals surface area contributed by atoms with Crippen LogP contribution in [0.4, 0.5) is 5.69 Å². The Hall–Kier alpha value is -2.86. The minimum atomic E-state index is 0.000169. The van der Waals surface area contributed by atoms with Crippen LogP contribution < -0.4 is 10.1 Å². The van der Waals surface area contributed by atoms with Gasteiger partial charge in [-0.2, -0.15) is 0 Å². The third-order valence-electron chi connectivity index (χ3n) is 5.77. The van der Waals surface area contributed by atoms with Crippen molar-refractivity contribution in [3.05, 3.63) is 59.7 Å². The van der Waals surface area contributed by atoms with Crippen molar-refractivity contribution in [3.63, 3.8) is 0 Å². The summed E-state index contributed by atoms with van der Waals surface area (Å²) in [4.78, 5) is 29.3. The Morgan fingerprint density at radius 3 is 2.52 bits per heavy atom. The summed E-state index contributed by atoms with van der Waals surface area (Å²) in [6.07, 6.45) is 2.99. The van der Waals surface area contributed by atoms with Crippen LogP contribution in [0.2, 0.25) is 0 Å². The lowest BCUT2D eigenvalue weighted by Gasteiger charge is -2.22. The molecule has 2 aromatic rings. The van der Waals surface area contributed by atoms with Gasteiger partial charge in [0.15, 0.2) is 0 Å². The Morgan fingerprint density at radius 1 is 1.00 bits per heavy atom. The zero-order valence-corrected chi connectivity index (χ0v) is 18.6. The van der Waals surface area contributed by atoms with Gasteiger partial charge in [0.25, 0.3) is 0 Å². The zero-order valence-electron chi connectivity index (χ0n) is 18.6. The summed E-state index contributed by atoms with van der Waals surface area (Å²) in [7, 11) is 1.65. The van der Waals surface area contributed by atoms with E-state index in [4.69, 9.17) is 4.74 Å². The average Bonchev–Trinajstić information content (AvgIpc) is 3.03. The largest absolute Gasteiger partial charge is 0.497 e. The predicted molar refractivity (Wildman–Crippen MR) is 123 cm³/mol. The number of rotatable bonds is 8. The molecule has 31 heavy (non-hydrogen) atoms. The van der Waals surface area contributed by atoms with Crippen LogP contribution in [0.15, 0.2) is 48.5 Å². The van der Waals surface area contributed by atoms with E-state index in [1.165, 1.54) is 0 Å². The molecule has 1 aliphatic heterocycles. The van der Waals surface area contributed by atoms with Crippen LogP contribution in [-0.4, -0.2) is 61.4 Å². The van der Waals surface area contributed by atoms with Crippen LogP contribution in [0.5, 0.6) is 5.75 Å². The number of nitrogens with one attached hydrogen (secondary N) is 1. The molecule has 0 aliphatic carbocycles. The molecule has 0 unspecified atom stereocenters. The number of methoxy groups -OCH3 is 1. The van der Waals surface area contributed by atoms with Gasteiger partial charge in [-0.05, 0) is 48.6 Å². The van der Waals surface area contributed by atoms with Crippen molar-refractivity contribution in [3.8, 4) is 5.75 Å². The van der Waals surface area contributed by atoms with Gasteiger partial charge in [-0.3, -0.25) is 14.5 Å². The average molecular weight is 424 g/mol. The maximum Gasteiger partial charge on any atom is 0.238 e. The number of carbonyl (C=O) groups is 2. The molecule has 0 bridgehead atoms. The Bertz CT molecular complexity index is 867. The summed E-state index contributed by atoms with van der Waals surface area (Å²) < 4.78 is 5.18. The molecule has 0 aromatic heterocycles. The summed E-state index contributed by atoms with van der Waals surface area (Å²) in [5.74, 6) is 1.00. The molecule has 1 heterocycles. The topological polar surface area (TPSA) is 61.9 Å². The standard InChI is InChI=1S/C25H33N3O3/c1-3-21-7-4-5-8-23(21)26-24(29)19-27-15-6-16-28(18-17-27)25(30)14-11-20-9-12-22(31-2)13-10-20/h4-5,7-10,12-13H,3,6,11,14-19H2,1-2H3,(H,26,29).